The summed E-state index contributed by atoms with van der Waals surface area (Å²) in [5.41, 5.74) is -0.428. The molecule has 0 aromatic carbocycles. The molecule has 23 heteroatoms. The summed E-state index contributed by atoms with van der Waals surface area (Å²) in [6.07, 6.45) is -6.49. The Labute approximate surface area is 293 Å². The second-order valence-corrected chi connectivity index (χ2v) is 13.2. The fourth-order valence-corrected chi connectivity index (χ4v) is 7.93. The molecule has 2 aromatic heterocycles. The minimum atomic E-state index is -5.16. The summed E-state index contributed by atoms with van der Waals surface area (Å²) in [6.45, 7) is 2.13. The maximum absolute atomic E-state index is 14.4. The molecule has 1 aliphatic rings. The molecular weight excluding hydrogens is 742 g/mol. The molecule has 1 saturated carbocycles. The second-order valence-electron chi connectivity index (χ2n) is 10.9. The number of hydrogen-bond donors (Lipinski definition) is 4. The van der Waals surface area contributed by atoms with E-state index in [1.165, 1.54) is 0 Å². The highest BCUT2D eigenvalue weighted by molar-refractivity contribution is 7.99. The lowest BCUT2D eigenvalue weighted by Crippen LogP contribution is -2.42. The van der Waals surface area contributed by atoms with Gasteiger partial charge in [-0.3, -0.25) is 24.4 Å². The van der Waals surface area contributed by atoms with Crippen molar-refractivity contribution in [2.24, 2.45) is 11.8 Å². The van der Waals surface area contributed by atoms with E-state index in [1.807, 2.05) is 0 Å². The molecule has 6 unspecified atom stereocenters. The number of carbonyl (C=O) groups is 5. The molecule has 2 aromatic rings. The number of alkyl halides is 6. The van der Waals surface area contributed by atoms with Crippen LogP contribution in [0.5, 0.6) is 11.8 Å². The Kier molecular flexibility index (Phi) is 14.2. The van der Waals surface area contributed by atoms with Crippen LogP contribution in [0.25, 0.3) is 0 Å². The fourth-order valence-electron chi connectivity index (χ4n) is 5.11. The third-order valence-corrected chi connectivity index (χ3v) is 9.92. The number of halogens is 6. The van der Waals surface area contributed by atoms with E-state index in [2.05, 4.69) is 40.0 Å². The molecule has 0 radical (unpaired) electrons. The molecule has 0 bridgehead atoms. The number of carboxylic acids is 2. The SMILES string of the molecule is CC(=O)NC(CSC(c1cncc(OC(F)(F)F)n1)C1CCCC(C(SCC(NC(C)=O)C(=O)O)c2cncc(OC(F)(F)F)n2)C1=O)C(=O)O. The average Bonchev–Trinajstić information content (AvgIpc) is 2.99. The van der Waals surface area contributed by atoms with Crippen LogP contribution >= 0.6 is 23.5 Å². The number of ether oxygens (including phenoxy) is 2. The van der Waals surface area contributed by atoms with Gasteiger partial charge in [-0.25, -0.2) is 19.6 Å². The molecule has 1 aliphatic carbocycles. The highest BCUT2D eigenvalue weighted by atomic mass is 32.2. The summed E-state index contributed by atoms with van der Waals surface area (Å²) in [6, 6.07) is -2.99. The number of aliphatic carboxylic acids is 2. The van der Waals surface area contributed by atoms with Crippen molar-refractivity contribution in [1.29, 1.82) is 0 Å². The first-order valence-corrected chi connectivity index (χ1v) is 16.8. The van der Waals surface area contributed by atoms with Crippen LogP contribution in [0, 0.1) is 11.8 Å². The zero-order chi connectivity index (χ0) is 38.1. The molecule has 15 nitrogen and oxygen atoms in total. The number of Topliss-reactive ketones (excluding diaryl/α,β-unsaturated/α-hetero) is 1. The van der Waals surface area contributed by atoms with Crippen LogP contribution in [0.4, 0.5) is 26.3 Å². The van der Waals surface area contributed by atoms with Crippen molar-refractivity contribution in [3.63, 3.8) is 0 Å². The molecule has 0 saturated heterocycles. The first-order chi connectivity index (χ1) is 23.7. The van der Waals surface area contributed by atoms with Crippen molar-refractivity contribution in [3.05, 3.63) is 36.2 Å². The highest BCUT2D eigenvalue weighted by Crippen LogP contribution is 2.48. The predicted molar refractivity (Wildman–Crippen MR) is 164 cm³/mol. The first-order valence-electron chi connectivity index (χ1n) is 14.7. The first kappa shape index (κ1) is 41.0. The Morgan fingerprint density at radius 3 is 1.45 bits per heavy atom. The summed E-state index contributed by atoms with van der Waals surface area (Å²) < 4.78 is 85.9. The van der Waals surface area contributed by atoms with Crippen LogP contribution in [0.3, 0.4) is 0 Å². The normalized spacial score (nSPS) is 18.9. The van der Waals surface area contributed by atoms with Gasteiger partial charge in [0.15, 0.2) is 0 Å². The van der Waals surface area contributed by atoms with Crippen molar-refractivity contribution >= 4 is 53.1 Å². The molecule has 51 heavy (non-hydrogen) atoms. The molecule has 2 heterocycles. The van der Waals surface area contributed by atoms with Gasteiger partial charge in [-0.15, -0.1) is 49.9 Å². The number of hydrogen-bond acceptors (Lipinski definition) is 13. The molecular formula is C28H30F6N6O9S2. The fraction of sp³-hybridized carbons (Fsp3) is 0.536. The summed E-state index contributed by atoms with van der Waals surface area (Å²) in [4.78, 5) is 76.6. The maximum Gasteiger partial charge on any atom is 0.574 e. The van der Waals surface area contributed by atoms with Gasteiger partial charge in [-0.2, -0.15) is 0 Å². The van der Waals surface area contributed by atoms with Gasteiger partial charge in [0.25, 0.3) is 0 Å². The largest absolute Gasteiger partial charge is 0.574 e. The number of nitrogens with one attached hydrogen (secondary N) is 2. The molecule has 3 rings (SSSR count). The number of rotatable bonds is 16. The van der Waals surface area contributed by atoms with Crippen LogP contribution in [-0.4, -0.2) is 96.0 Å². The zero-order valence-electron chi connectivity index (χ0n) is 26.4. The highest BCUT2D eigenvalue weighted by Gasteiger charge is 2.44. The van der Waals surface area contributed by atoms with E-state index in [1.54, 1.807) is 0 Å². The van der Waals surface area contributed by atoms with Crippen LogP contribution in [0.2, 0.25) is 0 Å². The monoisotopic (exact) mass is 772 g/mol. The number of ketones is 1. The van der Waals surface area contributed by atoms with Gasteiger partial charge < -0.3 is 30.3 Å². The second kappa shape index (κ2) is 17.7. The third-order valence-electron chi connectivity index (χ3n) is 7.01. The van der Waals surface area contributed by atoms with Crippen molar-refractivity contribution in [2.75, 3.05) is 11.5 Å². The summed E-state index contributed by atoms with van der Waals surface area (Å²) >= 11 is 1.55. The molecule has 280 valence electrons. The summed E-state index contributed by atoms with van der Waals surface area (Å²) in [5.74, 6) is -9.91. The van der Waals surface area contributed by atoms with Crippen molar-refractivity contribution < 1.29 is 70.0 Å². The zero-order valence-corrected chi connectivity index (χ0v) is 28.1. The quantitative estimate of drug-likeness (QED) is 0.180. The maximum atomic E-state index is 14.4. The van der Waals surface area contributed by atoms with Gasteiger partial charge in [-0.1, -0.05) is 6.42 Å². The van der Waals surface area contributed by atoms with Crippen molar-refractivity contribution in [3.8, 4) is 11.8 Å². The summed E-state index contributed by atoms with van der Waals surface area (Å²) in [7, 11) is 0. The van der Waals surface area contributed by atoms with E-state index in [9.17, 15) is 60.5 Å². The molecule has 0 aliphatic heterocycles. The van der Waals surface area contributed by atoms with Gasteiger partial charge in [0.05, 0.1) is 34.3 Å². The van der Waals surface area contributed by atoms with E-state index < -0.39 is 99.9 Å². The van der Waals surface area contributed by atoms with Crippen molar-refractivity contribution in [1.82, 2.24) is 30.6 Å². The minimum absolute atomic E-state index is 0.0842. The number of thioether (sulfide) groups is 2. The van der Waals surface area contributed by atoms with E-state index in [-0.39, 0.29) is 30.7 Å². The predicted octanol–water partition coefficient (Wildman–Crippen LogP) is 3.48. The molecule has 2 amide bonds. The van der Waals surface area contributed by atoms with Crippen molar-refractivity contribution in [2.45, 2.75) is 68.4 Å². The average molecular weight is 773 g/mol. The standard InChI is InChI=1S/C28H30F6N6O9S2/c1-12(41)37-18(25(44)45)10-50-23(16-6-35-8-20(39-16)48-27(29,30)31)14-4-3-5-15(22(14)43)24(51-11-19(26(46)47)38-13(2)42)17-7-36-9-21(40-17)49-28(32,33)34/h6-9,14-15,18-19,23-24H,3-5,10-11H2,1-2H3,(H,37,41)(H,38,42)(H,44,45)(H,46,47). The molecule has 4 N–H and O–H groups in total. The van der Waals surface area contributed by atoms with Crippen LogP contribution in [0.1, 0.15) is 55.0 Å². The van der Waals surface area contributed by atoms with E-state index in [0.717, 1.165) is 49.8 Å². The van der Waals surface area contributed by atoms with Gasteiger partial charge in [-0.05, 0) is 12.8 Å². The lowest BCUT2D eigenvalue weighted by molar-refractivity contribution is -0.277. The van der Waals surface area contributed by atoms with Gasteiger partial charge in [0, 0.05) is 49.6 Å². The van der Waals surface area contributed by atoms with E-state index >= 15 is 0 Å². The van der Waals surface area contributed by atoms with Crippen LogP contribution in [0.15, 0.2) is 24.8 Å². The lowest BCUT2D eigenvalue weighted by atomic mass is 9.76. The number of aromatic nitrogens is 4. The topological polar surface area (TPSA) is 220 Å². The molecule has 1 fully saturated rings. The van der Waals surface area contributed by atoms with E-state index in [4.69, 9.17) is 0 Å². The number of carboxylic acid groups (broad SMARTS) is 2. The Morgan fingerprint density at radius 2 is 1.14 bits per heavy atom. The molecule has 6 atom stereocenters. The van der Waals surface area contributed by atoms with E-state index in [0.29, 0.717) is 12.4 Å². The Balaban J connectivity index is 2.07. The number of carbonyl (C=O) groups excluding carboxylic acids is 3. The number of nitrogens with zero attached hydrogens (tertiary/aromatic N) is 4. The number of amides is 2. The van der Waals surface area contributed by atoms with Gasteiger partial charge in [0.1, 0.15) is 17.9 Å². The van der Waals surface area contributed by atoms with Crippen LogP contribution in [-0.2, 0) is 24.0 Å². The van der Waals surface area contributed by atoms with Gasteiger partial charge >= 0.3 is 24.7 Å². The minimum Gasteiger partial charge on any atom is -0.480 e. The van der Waals surface area contributed by atoms with Crippen LogP contribution < -0.4 is 20.1 Å². The van der Waals surface area contributed by atoms with Gasteiger partial charge in [0.2, 0.25) is 23.6 Å². The molecule has 0 spiro atoms. The summed E-state index contributed by atoms with van der Waals surface area (Å²) in [5, 5.41) is 21.3. The Bertz CT molecular complexity index is 1480. The Hall–Kier alpha value is -4.41. The lowest BCUT2D eigenvalue weighted by Gasteiger charge is -2.36. The third kappa shape index (κ3) is 13.0. The smallest absolute Gasteiger partial charge is 0.480 e. The Morgan fingerprint density at radius 1 is 0.765 bits per heavy atom.